The van der Waals surface area contributed by atoms with Crippen molar-refractivity contribution in [1.82, 2.24) is 5.32 Å². The molecule has 0 aliphatic carbocycles. The molecule has 0 spiro atoms. The quantitative estimate of drug-likeness (QED) is 0.241. The smallest absolute Gasteiger partial charge is 0.264 e. The molecular weight excluding hydrogens is 499 g/mol. The first-order chi connectivity index (χ1) is 17.5. The number of benzene rings is 3. The first kappa shape index (κ1) is 25.5. The number of hydrogen-bond acceptors (Lipinski definition) is 5. The van der Waals surface area contributed by atoms with Crippen LogP contribution < -0.4 is 14.8 Å². The maximum absolute atomic E-state index is 13.2. The molecule has 184 valence electrons. The molecule has 5 nitrogen and oxygen atoms in total. The molecule has 3 aromatic rings. The zero-order valence-corrected chi connectivity index (χ0v) is 21.2. The van der Waals surface area contributed by atoms with Gasteiger partial charge in [-0.15, -0.1) is 6.58 Å². The van der Waals surface area contributed by atoms with Gasteiger partial charge in [-0.25, -0.2) is 9.38 Å². The van der Waals surface area contributed by atoms with Crippen molar-refractivity contribution in [3.8, 4) is 11.5 Å². The summed E-state index contributed by atoms with van der Waals surface area (Å²) in [4.78, 5) is 17.4. The van der Waals surface area contributed by atoms with Gasteiger partial charge in [0.05, 0.1) is 17.2 Å². The van der Waals surface area contributed by atoms with Crippen molar-refractivity contribution in [3.63, 3.8) is 0 Å². The van der Waals surface area contributed by atoms with Crippen LogP contribution in [0.2, 0.25) is 5.02 Å². The van der Waals surface area contributed by atoms with Crippen LogP contribution in [0, 0.1) is 5.82 Å². The number of nitrogens with one attached hydrogen (secondary N) is 1. The molecule has 0 unspecified atom stereocenters. The summed E-state index contributed by atoms with van der Waals surface area (Å²) in [6.45, 7) is 6.49. The van der Waals surface area contributed by atoms with E-state index in [1.54, 1.807) is 24.3 Å². The fraction of sp³-hybridized carbons (Fsp3) is 0.143. The van der Waals surface area contributed by atoms with Crippen molar-refractivity contribution in [2.75, 3.05) is 6.61 Å². The van der Waals surface area contributed by atoms with Gasteiger partial charge < -0.3 is 14.8 Å². The second-order valence-corrected chi connectivity index (χ2v) is 9.21. The Hall–Kier alpha value is -3.55. The summed E-state index contributed by atoms with van der Waals surface area (Å²) < 4.78 is 25.2. The van der Waals surface area contributed by atoms with Gasteiger partial charge in [-0.1, -0.05) is 35.9 Å². The maximum atomic E-state index is 13.2. The molecule has 1 aliphatic rings. The number of halogens is 2. The first-order valence-electron chi connectivity index (χ1n) is 11.3. The van der Waals surface area contributed by atoms with Gasteiger partial charge in [0.2, 0.25) is 0 Å². The van der Waals surface area contributed by atoms with E-state index >= 15 is 0 Å². The van der Waals surface area contributed by atoms with Crippen molar-refractivity contribution < 1.29 is 18.7 Å². The number of aliphatic imine (C=N–C) groups is 1. The summed E-state index contributed by atoms with van der Waals surface area (Å²) in [6, 6.07) is 17.0. The van der Waals surface area contributed by atoms with Gasteiger partial charge in [-0.05, 0) is 79.2 Å². The van der Waals surface area contributed by atoms with E-state index in [1.165, 1.54) is 23.9 Å². The third-order valence-corrected chi connectivity index (χ3v) is 6.43. The van der Waals surface area contributed by atoms with Gasteiger partial charge in [0, 0.05) is 16.1 Å². The highest BCUT2D eigenvalue weighted by Crippen LogP contribution is 2.37. The minimum atomic E-state index is -0.345. The molecule has 0 saturated carbocycles. The number of amidine groups is 1. The number of rotatable bonds is 9. The minimum Gasteiger partial charge on any atom is -0.490 e. The number of ether oxygens (including phenoxy) is 2. The topological polar surface area (TPSA) is 59.9 Å². The summed E-state index contributed by atoms with van der Waals surface area (Å²) in [6.07, 6.45) is 4.11. The molecule has 3 aromatic carbocycles. The molecule has 1 amide bonds. The van der Waals surface area contributed by atoms with Crippen LogP contribution in [0.15, 0.2) is 83.2 Å². The highest BCUT2D eigenvalue weighted by atomic mass is 35.5. The lowest BCUT2D eigenvalue weighted by Crippen LogP contribution is -2.19. The Morgan fingerprint density at radius 1 is 1.11 bits per heavy atom. The summed E-state index contributed by atoms with van der Waals surface area (Å²) in [5.74, 6) is 0.575. The standard InChI is InChI=1S/C28H24ClFN2O3S/c1-3-7-19-14-18(15-24(34-4-2)26(19)35-17-20-8-5-6-9-23(20)29)16-25-27(33)32-28(36-25)31-22-12-10-21(30)11-13-22/h3,5-6,8-16H,1,4,7,17H2,2H3,(H,31,32,33)/b25-16+. The number of carbonyl (C=O) groups is 1. The number of allylic oxidation sites excluding steroid dienone is 1. The van der Waals surface area contributed by atoms with Crippen LogP contribution in [-0.2, 0) is 17.8 Å². The van der Waals surface area contributed by atoms with Crippen molar-refractivity contribution in [3.05, 3.63) is 106 Å². The summed E-state index contributed by atoms with van der Waals surface area (Å²) >= 11 is 7.51. The molecular formula is C28H24ClFN2O3S. The Kier molecular flexibility index (Phi) is 8.46. The fourth-order valence-corrected chi connectivity index (χ4v) is 4.56. The molecule has 36 heavy (non-hydrogen) atoms. The van der Waals surface area contributed by atoms with Gasteiger partial charge >= 0.3 is 0 Å². The summed E-state index contributed by atoms with van der Waals surface area (Å²) in [5.41, 5.74) is 3.07. The van der Waals surface area contributed by atoms with Crippen LogP contribution in [0.5, 0.6) is 11.5 Å². The Morgan fingerprint density at radius 3 is 2.61 bits per heavy atom. The van der Waals surface area contributed by atoms with Crippen LogP contribution in [0.3, 0.4) is 0 Å². The second kappa shape index (κ2) is 11.9. The molecule has 0 bridgehead atoms. The third-order valence-electron chi connectivity index (χ3n) is 5.15. The number of hydrogen-bond donors (Lipinski definition) is 1. The second-order valence-electron chi connectivity index (χ2n) is 7.77. The van der Waals surface area contributed by atoms with Crippen LogP contribution in [0.1, 0.15) is 23.6 Å². The molecule has 1 N–H and O–H groups in total. The maximum Gasteiger partial charge on any atom is 0.264 e. The molecule has 4 rings (SSSR count). The van der Waals surface area contributed by atoms with Gasteiger partial charge in [-0.3, -0.25) is 4.79 Å². The molecule has 8 heteroatoms. The van der Waals surface area contributed by atoms with Crippen LogP contribution in [0.25, 0.3) is 6.08 Å². The first-order valence-corrected chi connectivity index (χ1v) is 12.5. The molecule has 1 saturated heterocycles. The van der Waals surface area contributed by atoms with Crippen LogP contribution in [0.4, 0.5) is 10.1 Å². The Labute approximate surface area is 218 Å². The van der Waals surface area contributed by atoms with Gasteiger partial charge in [0.25, 0.3) is 5.91 Å². The molecule has 1 aliphatic heterocycles. The monoisotopic (exact) mass is 522 g/mol. The minimum absolute atomic E-state index is 0.261. The molecule has 1 heterocycles. The Bertz CT molecular complexity index is 1340. The van der Waals surface area contributed by atoms with Crippen molar-refractivity contribution in [2.45, 2.75) is 20.0 Å². The number of nitrogens with zero attached hydrogens (tertiary/aromatic N) is 1. The zero-order valence-electron chi connectivity index (χ0n) is 19.6. The van der Waals surface area contributed by atoms with E-state index in [0.29, 0.717) is 45.3 Å². The van der Waals surface area contributed by atoms with E-state index in [-0.39, 0.29) is 18.3 Å². The van der Waals surface area contributed by atoms with Crippen molar-refractivity contribution in [1.29, 1.82) is 0 Å². The lowest BCUT2D eigenvalue weighted by Gasteiger charge is -2.17. The van der Waals surface area contributed by atoms with E-state index in [1.807, 2.05) is 43.3 Å². The van der Waals surface area contributed by atoms with Gasteiger partial charge in [0.1, 0.15) is 12.4 Å². The number of amides is 1. The molecule has 1 fully saturated rings. The number of thioether (sulfide) groups is 1. The van der Waals surface area contributed by atoms with E-state index in [9.17, 15) is 9.18 Å². The predicted molar refractivity (Wildman–Crippen MR) is 145 cm³/mol. The largest absolute Gasteiger partial charge is 0.490 e. The summed E-state index contributed by atoms with van der Waals surface area (Å²) in [7, 11) is 0. The highest BCUT2D eigenvalue weighted by Gasteiger charge is 2.24. The van der Waals surface area contributed by atoms with Gasteiger partial charge in [0.15, 0.2) is 16.7 Å². The number of carbonyl (C=O) groups excluding carboxylic acids is 1. The SMILES string of the molecule is C=CCc1cc(/C=C2/SC(=Nc3ccc(F)cc3)NC2=O)cc(OCC)c1OCc1ccccc1Cl. The van der Waals surface area contributed by atoms with E-state index < -0.39 is 0 Å². The van der Waals surface area contributed by atoms with E-state index in [4.69, 9.17) is 21.1 Å². The van der Waals surface area contributed by atoms with Crippen molar-refractivity contribution >= 4 is 46.2 Å². The van der Waals surface area contributed by atoms with E-state index in [0.717, 1.165) is 16.7 Å². The predicted octanol–water partition coefficient (Wildman–Crippen LogP) is 7.08. The Balaban J connectivity index is 1.62. The summed E-state index contributed by atoms with van der Waals surface area (Å²) in [5, 5.41) is 3.80. The normalized spacial score (nSPS) is 15.2. The van der Waals surface area contributed by atoms with Gasteiger partial charge in [-0.2, -0.15) is 0 Å². The Morgan fingerprint density at radius 2 is 1.89 bits per heavy atom. The fourth-order valence-electron chi connectivity index (χ4n) is 3.53. The average molecular weight is 523 g/mol. The lowest BCUT2D eigenvalue weighted by molar-refractivity contribution is -0.115. The molecule has 0 aromatic heterocycles. The average Bonchev–Trinajstić information content (AvgIpc) is 3.19. The third kappa shape index (κ3) is 6.36. The highest BCUT2D eigenvalue weighted by molar-refractivity contribution is 8.18. The molecule has 0 radical (unpaired) electrons. The van der Waals surface area contributed by atoms with Crippen LogP contribution >= 0.6 is 23.4 Å². The van der Waals surface area contributed by atoms with E-state index in [2.05, 4.69) is 16.9 Å². The van der Waals surface area contributed by atoms with Crippen molar-refractivity contribution in [2.24, 2.45) is 4.99 Å². The lowest BCUT2D eigenvalue weighted by atomic mass is 10.0. The van der Waals surface area contributed by atoms with Crippen LogP contribution in [-0.4, -0.2) is 17.7 Å². The molecule has 0 atom stereocenters. The zero-order chi connectivity index (χ0) is 25.5.